The number of benzene rings is 2. The van der Waals surface area contributed by atoms with E-state index in [0.717, 1.165) is 24.1 Å². The number of carbonyl (C=O) groups excluding carboxylic acids is 1. The van der Waals surface area contributed by atoms with Gasteiger partial charge in [0.1, 0.15) is 17.5 Å². The zero-order valence-electron chi connectivity index (χ0n) is 16.9. The van der Waals surface area contributed by atoms with Crippen molar-refractivity contribution in [3.8, 4) is 23.0 Å². The maximum absolute atomic E-state index is 13.1. The number of aromatic hydroxyl groups is 1. The Balaban J connectivity index is 1.75. The van der Waals surface area contributed by atoms with E-state index in [9.17, 15) is 15.0 Å². The molecule has 0 radical (unpaired) electrons. The van der Waals surface area contributed by atoms with Gasteiger partial charge in [-0.05, 0) is 23.8 Å². The number of rotatable bonds is 5. The van der Waals surface area contributed by atoms with Crippen molar-refractivity contribution < 1.29 is 33.7 Å². The van der Waals surface area contributed by atoms with E-state index in [1.165, 1.54) is 13.2 Å². The Kier molecular flexibility index (Phi) is 4.88. The molecule has 2 aromatic rings. The number of aliphatic hydroxyl groups excluding tert-OH is 1. The van der Waals surface area contributed by atoms with Crippen LogP contribution < -0.4 is 14.2 Å². The van der Waals surface area contributed by atoms with Crippen LogP contribution in [0.2, 0.25) is 0 Å². The summed E-state index contributed by atoms with van der Waals surface area (Å²) < 4.78 is 16.8. The van der Waals surface area contributed by atoms with E-state index in [1.54, 1.807) is 12.1 Å². The summed E-state index contributed by atoms with van der Waals surface area (Å²) in [4.78, 5) is 13.1. The van der Waals surface area contributed by atoms with Crippen molar-refractivity contribution >= 4 is 5.78 Å². The summed E-state index contributed by atoms with van der Waals surface area (Å²) in [6.07, 6.45) is 1.02. The zero-order valence-corrected chi connectivity index (χ0v) is 16.9. The molecule has 1 unspecified atom stereocenters. The van der Waals surface area contributed by atoms with Crippen LogP contribution in [0.1, 0.15) is 39.5 Å². The molecule has 7 heteroatoms. The number of hydrogen-bond acceptors (Lipinski definition) is 6. The number of quaternary nitrogens is 1. The van der Waals surface area contributed by atoms with Gasteiger partial charge in [0, 0.05) is 23.6 Å². The Morgan fingerprint density at radius 2 is 2.07 bits per heavy atom. The van der Waals surface area contributed by atoms with Crippen molar-refractivity contribution in [1.29, 1.82) is 0 Å². The fourth-order valence-electron chi connectivity index (χ4n) is 4.39. The van der Waals surface area contributed by atoms with Crippen LogP contribution in [-0.4, -0.2) is 55.0 Å². The van der Waals surface area contributed by atoms with Gasteiger partial charge in [-0.3, -0.25) is 4.79 Å². The highest BCUT2D eigenvalue weighted by atomic mass is 16.7. The minimum atomic E-state index is -0.187. The van der Waals surface area contributed by atoms with Crippen molar-refractivity contribution in [3.63, 3.8) is 0 Å². The van der Waals surface area contributed by atoms with E-state index in [4.69, 9.17) is 14.2 Å². The highest BCUT2D eigenvalue weighted by Crippen LogP contribution is 2.47. The standard InChI is InChI=1S/C22H25NO6/c1-23(2)7-6-13-8-20-22(29-12-28-20)16(11-24)21(13)17(23)10-19(26)15-5-4-14(27-3)9-18(15)25/h4-5,8-9,17,24H,6-7,10-12H2,1-3H3/p+1. The van der Waals surface area contributed by atoms with E-state index in [1.807, 2.05) is 6.07 Å². The van der Waals surface area contributed by atoms with Gasteiger partial charge in [-0.2, -0.15) is 0 Å². The number of carbonyl (C=O) groups is 1. The Labute approximate surface area is 169 Å². The summed E-state index contributed by atoms with van der Waals surface area (Å²) in [6.45, 7) is 0.796. The van der Waals surface area contributed by atoms with Crippen LogP contribution in [0.4, 0.5) is 0 Å². The third-order valence-corrected chi connectivity index (χ3v) is 6.07. The van der Waals surface area contributed by atoms with E-state index in [0.29, 0.717) is 27.3 Å². The average Bonchev–Trinajstić information content (AvgIpc) is 3.16. The molecule has 0 fully saturated rings. The fourth-order valence-corrected chi connectivity index (χ4v) is 4.39. The largest absolute Gasteiger partial charge is 0.507 e. The molecule has 2 N–H and O–H groups in total. The van der Waals surface area contributed by atoms with Crippen LogP contribution in [0, 0.1) is 0 Å². The van der Waals surface area contributed by atoms with E-state index in [2.05, 4.69) is 14.1 Å². The lowest BCUT2D eigenvalue weighted by atomic mass is 9.83. The summed E-state index contributed by atoms with van der Waals surface area (Å²) >= 11 is 0. The molecular formula is C22H26NO6+. The first-order valence-corrected chi connectivity index (χ1v) is 9.63. The van der Waals surface area contributed by atoms with Gasteiger partial charge >= 0.3 is 0 Å². The second-order valence-corrected chi connectivity index (χ2v) is 8.10. The summed E-state index contributed by atoms with van der Waals surface area (Å²) in [6, 6.07) is 6.49. The number of phenolic OH excluding ortho intramolecular Hbond substituents is 1. The quantitative estimate of drug-likeness (QED) is 0.593. The Hall–Kier alpha value is -2.77. The minimum absolute atomic E-state index is 0.0937. The predicted molar refractivity (Wildman–Crippen MR) is 106 cm³/mol. The van der Waals surface area contributed by atoms with Gasteiger partial charge in [-0.25, -0.2) is 0 Å². The molecular weight excluding hydrogens is 374 g/mol. The van der Waals surface area contributed by atoms with Crippen molar-refractivity contribution in [1.82, 2.24) is 0 Å². The fraction of sp³-hybridized carbons (Fsp3) is 0.409. The van der Waals surface area contributed by atoms with Crippen LogP contribution in [0.25, 0.3) is 0 Å². The molecule has 0 spiro atoms. The summed E-state index contributed by atoms with van der Waals surface area (Å²) in [7, 11) is 5.68. The van der Waals surface area contributed by atoms with Gasteiger partial charge in [0.15, 0.2) is 17.3 Å². The number of nitrogens with zero attached hydrogens (tertiary/aromatic N) is 1. The van der Waals surface area contributed by atoms with E-state index < -0.39 is 0 Å². The Bertz CT molecular complexity index is 968. The van der Waals surface area contributed by atoms with Crippen molar-refractivity contribution in [2.45, 2.75) is 25.5 Å². The molecule has 0 aliphatic carbocycles. The first-order valence-electron chi connectivity index (χ1n) is 9.63. The molecule has 29 heavy (non-hydrogen) atoms. The SMILES string of the molecule is COc1ccc(C(=O)CC2c3c(cc4c(c3CO)OCO4)CC[N+]2(C)C)c(O)c1. The molecule has 4 rings (SSSR count). The Morgan fingerprint density at radius 3 is 2.76 bits per heavy atom. The maximum Gasteiger partial charge on any atom is 0.231 e. The van der Waals surface area contributed by atoms with E-state index in [-0.39, 0.29) is 43.0 Å². The van der Waals surface area contributed by atoms with Crippen molar-refractivity contribution in [2.24, 2.45) is 0 Å². The molecule has 0 saturated heterocycles. The van der Waals surface area contributed by atoms with Crippen LogP contribution in [0.3, 0.4) is 0 Å². The third-order valence-electron chi connectivity index (χ3n) is 6.07. The van der Waals surface area contributed by atoms with Crippen LogP contribution in [0.5, 0.6) is 23.0 Å². The number of likely N-dealkylation sites (N-methyl/N-ethyl adjacent to an activating group) is 1. The lowest BCUT2D eigenvalue weighted by Crippen LogP contribution is -2.49. The second kappa shape index (κ2) is 7.24. The van der Waals surface area contributed by atoms with Gasteiger partial charge in [-0.1, -0.05) is 0 Å². The van der Waals surface area contributed by atoms with Gasteiger partial charge in [0.05, 0.1) is 46.3 Å². The van der Waals surface area contributed by atoms with Crippen LogP contribution in [-0.2, 0) is 13.0 Å². The summed E-state index contributed by atoms with van der Waals surface area (Å²) in [5.74, 6) is 1.46. The molecule has 2 aromatic carbocycles. The number of aliphatic hydroxyl groups is 1. The first-order chi connectivity index (χ1) is 13.9. The molecule has 7 nitrogen and oxygen atoms in total. The number of ketones is 1. The second-order valence-electron chi connectivity index (χ2n) is 8.10. The number of fused-ring (bicyclic) bond motifs is 2. The number of hydrogen-bond donors (Lipinski definition) is 2. The number of ether oxygens (including phenoxy) is 3. The van der Waals surface area contributed by atoms with E-state index >= 15 is 0 Å². The lowest BCUT2D eigenvalue weighted by Gasteiger charge is -2.43. The first kappa shape index (κ1) is 19.5. The maximum atomic E-state index is 13.1. The molecule has 0 aromatic heterocycles. The molecule has 1 atom stereocenters. The normalized spacial score (nSPS) is 19.0. The highest BCUT2D eigenvalue weighted by Gasteiger charge is 2.41. The average molecular weight is 400 g/mol. The number of phenols is 1. The molecule has 2 aliphatic rings. The number of methoxy groups -OCH3 is 1. The van der Waals surface area contributed by atoms with Gasteiger partial charge in [-0.15, -0.1) is 0 Å². The summed E-state index contributed by atoms with van der Waals surface area (Å²) in [5.41, 5.74) is 2.99. The van der Waals surface area contributed by atoms with Crippen molar-refractivity contribution in [2.75, 3.05) is 34.5 Å². The molecule has 154 valence electrons. The van der Waals surface area contributed by atoms with Crippen LogP contribution in [0.15, 0.2) is 24.3 Å². The predicted octanol–water partition coefficient (Wildman–Crippen LogP) is 2.57. The van der Waals surface area contributed by atoms with Gasteiger partial charge in [0.2, 0.25) is 6.79 Å². The third kappa shape index (κ3) is 3.30. The molecule has 0 saturated carbocycles. The monoisotopic (exact) mass is 400 g/mol. The van der Waals surface area contributed by atoms with Crippen LogP contribution >= 0.6 is 0 Å². The number of Topliss-reactive ketones (excluding diaryl/α,β-unsaturated/α-hetero) is 1. The Morgan fingerprint density at radius 1 is 1.28 bits per heavy atom. The van der Waals surface area contributed by atoms with Crippen molar-refractivity contribution in [3.05, 3.63) is 46.5 Å². The van der Waals surface area contributed by atoms with Gasteiger partial charge in [0.25, 0.3) is 0 Å². The molecule has 2 aliphatic heterocycles. The minimum Gasteiger partial charge on any atom is -0.507 e. The highest BCUT2D eigenvalue weighted by molar-refractivity contribution is 5.99. The van der Waals surface area contributed by atoms with Gasteiger partial charge < -0.3 is 28.9 Å². The summed E-state index contributed by atoms with van der Waals surface area (Å²) in [5, 5.41) is 20.4. The molecule has 0 bridgehead atoms. The smallest absolute Gasteiger partial charge is 0.231 e. The zero-order chi connectivity index (χ0) is 20.8. The molecule has 0 amide bonds. The topological polar surface area (TPSA) is 85.2 Å². The molecule has 2 heterocycles. The lowest BCUT2D eigenvalue weighted by molar-refractivity contribution is -0.922.